The highest BCUT2D eigenvalue weighted by Crippen LogP contribution is 2.28. The lowest BCUT2D eigenvalue weighted by Gasteiger charge is -2.09. The zero-order chi connectivity index (χ0) is 9.97. The number of hydrogen-bond acceptors (Lipinski definition) is 2. The van der Waals surface area contributed by atoms with Crippen molar-refractivity contribution in [1.82, 2.24) is 0 Å². The average molecular weight is 186 g/mol. The lowest BCUT2D eigenvalue weighted by atomic mass is 10.1. The van der Waals surface area contributed by atoms with Crippen LogP contribution in [0.25, 0.3) is 10.8 Å². The van der Waals surface area contributed by atoms with Crippen molar-refractivity contribution < 1.29 is 0 Å². The fraction of sp³-hybridized carbons (Fsp3) is 0.167. The number of rotatable bonds is 2. The Morgan fingerprint density at radius 2 is 1.86 bits per heavy atom. The predicted molar refractivity (Wildman–Crippen MR) is 62.5 cm³/mol. The molecule has 0 fully saturated rings. The van der Waals surface area contributed by atoms with Crippen molar-refractivity contribution in [3.05, 3.63) is 36.4 Å². The standard InChI is InChI=1S/C12H14N2/c1-2-14-11-8-4-6-9-5-3-7-10(13)12(9)11/h3-8,14H,2,13H2,1H3. The van der Waals surface area contributed by atoms with Crippen LogP contribution in [0.5, 0.6) is 0 Å². The van der Waals surface area contributed by atoms with E-state index in [1.54, 1.807) is 0 Å². The summed E-state index contributed by atoms with van der Waals surface area (Å²) >= 11 is 0. The molecule has 0 aliphatic rings. The molecule has 0 aliphatic heterocycles. The molecule has 14 heavy (non-hydrogen) atoms. The SMILES string of the molecule is CCNc1cccc2cccc(N)c12. The predicted octanol–water partition coefficient (Wildman–Crippen LogP) is 2.85. The van der Waals surface area contributed by atoms with Crippen molar-refractivity contribution in [2.75, 3.05) is 17.6 Å². The summed E-state index contributed by atoms with van der Waals surface area (Å²) in [6, 6.07) is 12.2. The van der Waals surface area contributed by atoms with Crippen LogP contribution in [0.2, 0.25) is 0 Å². The third-order valence-electron chi connectivity index (χ3n) is 2.30. The van der Waals surface area contributed by atoms with Gasteiger partial charge in [0.05, 0.1) is 0 Å². The maximum absolute atomic E-state index is 5.95. The van der Waals surface area contributed by atoms with Gasteiger partial charge in [-0.05, 0) is 24.4 Å². The Morgan fingerprint density at radius 1 is 1.14 bits per heavy atom. The molecule has 3 N–H and O–H groups in total. The topological polar surface area (TPSA) is 38.0 Å². The summed E-state index contributed by atoms with van der Waals surface area (Å²) in [5, 5.41) is 5.62. The van der Waals surface area contributed by atoms with Gasteiger partial charge in [-0.15, -0.1) is 0 Å². The Labute approximate surface area is 83.7 Å². The normalized spacial score (nSPS) is 10.4. The largest absolute Gasteiger partial charge is 0.398 e. The van der Waals surface area contributed by atoms with Crippen molar-refractivity contribution in [1.29, 1.82) is 0 Å². The molecule has 0 heterocycles. The fourth-order valence-corrected chi connectivity index (χ4v) is 1.71. The van der Waals surface area contributed by atoms with Crippen LogP contribution in [0.3, 0.4) is 0 Å². The number of hydrogen-bond donors (Lipinski definition) is 2. The number of fused-ring (bicyclic) bond motifs is 1. The van der Waals surface area contributed by atoms with Crippen LogP contribution < -0.4 is 11.1 Å². The van der Waals surface area contributed by atoms with E-state index in [0.29, 0.717) is 0 Å². The van der Waals surface area contributed by atoms with Crippen molar-refractivity contribution in [2.45, 2.75) is 6.92 Å². The summed E-state index contributed by atoms with van der Waals surface area (Å²) in [6.45, 7) is 2.99. The highest BCUT2D eigenvalue weighted by Gasteiger charge is 2.01. The van der Waals surface area contributed by atoms with Crippen LogP contribution in [-0.2, 0) is 0 Å². The summed E-state index contributed by atoms with van der Waals surface area (Å²) in [5.74, 6) is 0. The highest BCUT2D eigenvalue weighted by molar-refractivity contribution is 6.02. The third-order valence-corrected chi connectivity index (χ3v) is 2.30. The molecule has 0 unspecified atom stereocenters. The molecule has 0 radical (unpaired) electrons. The van der Waals surface area contributed by atoms with Crippen LogP contribution in [0.1, 0.15) is 6.92 Å². The van der Waals surface area contributed by atoms with Crippen molar-refractivity contribution >= 4 is 22.1 Å². The molecule has 0 atom stereocenters. The lowest BCUT2D eigenvalue weighted by Crippen LogP contribution is -1.98. The van der Waals surface area contributed by atoms with Gasteiger partial charge >= 0.3 is 0 Å². The van der Waals surface area contributed by atoms with Crippen LogP contribution >= 0.6 is 0 Å². The zero-order valence-electron chi connectivity index (χ0n) is 8.25. The van der Waals surface area contributed by atoms with E-state index >= 15 is 0 Å². The molecule has 0 bridgehead atoms. The maximum atomic E-state index is 5.95. The van der Waals surface area contributed by atoms with E-state index in [1.165, 1.54) is 5.39 Å². The van der Waals surface area contributed by atoms with Gasteiger partial charge in [0.25, 0.3) is 0 Å². The summed E-state index contributed by atoms with van der Waals surface area (Å²) in [5.41, 5.74) is 7.89. The average Bonchev–Trinajstić information content (AvgIpc) is 2.19. The van der Waals surface area contributed by atoms with Gasteiger partial charge in [0.1, 0.15) is 0 Å². The number of benzene rings is 2. The van der Waals surface area contributed by atoms with E-state index < -0.39 is 0 Å². The molecule has 0 saturated heterocycles. The van der Waals surface area contributed by atoms with Gasteiger partial charge < -0.3 is 11.1 Å². The Hall–Kier alpha value is -1.70. The third kappa shape index (κ3) is 1.39. The minimum atomic E-state index is 0.832. The van der Waals surface area contributed by atoms with Crippen LogP contribution in [0.15, 0.2) is 36.4 Å². The number of nitrogens with one attached hydrogen (secondary N) is 1. The van der Waals surface area contributed by atoms with Gasteiger partial charge in [-0.25, -0.2) is 0 Å². The quantitative estimate of drug-likeness (QED) is 0.708. The first kappa shape index (κ1) is 8.88. The summed E-state index contributed by atoms with van der Waals surface area (Å²) < 4.78 is 0. The number of nitrogens with two attached hydrogens (primary N) is 1. The summed E-state index contributed by atoms with van der Waals surface area (Å²) in [6.07, 6.45) is 0. The van der Waals surface area contributed by atoms with Gasteiger partial charge in [-0.2, -0.15) is 0 Å². The zero-order valence-corrected chi connectivity index (χ0v) is 8.25. The van der Waals surface area contributed by atoms with Crippen LogP contribution in [0.4, 0.5) is 11.4 Å². The molecular weight excluding hydrogens is 172 g/mol. The van der Waals surface area contributed by atoms with Crippen molar-refractivity contribution in [2.24, 2.45) is 0 Å². The van der Waals surface area contributed by atoms with Gasteiger partial charge in [0.2, 0.25) is 0 Å². The number of anilines is 2. The molecule has 0 saturated carbocycles. The first-order valence-corrected chi connectivity index (χ1v) is 4.84. The second-order valence-electron chi connectivity index (χ2n) is 3.28. The lowest BCUT2D eigenvalue weighted by molar-refractivity contribution is 1.22. The maximum Gasteiger partial charge on any atom is 0.0440 e. The molecule has 0 aromatic heterocycles. The van der Waals surface area contributed by atoms with Gasteiger partial charge in [0, 0.05) is 23.3 Å². The molecular formula is C12H14N2. The molecule has 2 aromatic carbocycles. The van der Waals surface area contributed by atoms with E-state index in [1.807, 2.05) is 18.2 Å². The minimum absolute atomic E-state index is 0.832. The first-order chi connectivity index (χ1) is 6.83. The molecule has 0 amide bonds. The Balaban J connectivity index is 2.71. The van der Waals surface area contributed by atoms with Crippen molar-refractivity contribution in [3.63, 3.8) is 0 Å². The van der Waals surface area contributed by atoms with Gasteiger partial charge in [-0.3, -0.25) is 0 Å². The van der Waals surface area contributed by atoms with E-state index in [0.717, 1.165) is 23.3 Å². The Bertz CT molecular complexity index is 444. The fourth-order valence-electron chi connectivity index (χ4n) is 1.71. The second kappa shape index (κ2) is 3.58. The molecule has 2 rings (SSSR count). The van der Waals surface area contributed by atoms with Crippen molar-refractivity contribution in [3.8, 4) is 0 Å². The van der Waals surface area contributed by atoms with E-state index in [9.17, 15) is 0 Å². The molecule has 2 aromatic rings. The van der Waals surface area contributed by atoms with E-state index in [2.05, 4.69) is 30.4 Å². The Morgan fingerprint density at radius 3 is 2.57 bits per heavy atom. The first-order valence-electron chi connectivity index (χ1n) is 4.84. The van der Waals surface area contributed by atoms with Crippen LogP contribution in [-0.4, -0.2) is 6.54 Å². The van der Waals surface area contributed by atoms with Gasteiger partial charge in [-0.1, -0.05) is 24.3 Å². The summed E-state index contributed by atoms with van der Waals surface area (Å²) in [4.78, 5) is 0. The smallest absolute Gasteiger partial charge is 0.0440 e. The molecule has 0 spiro atoms. The molecule has 0 aliphatic carbocycles. The molecule has 72 valence electrons. The van der Waals surface area contributed by atoms with Gasteiger partial charge in [0.15, 0.2) is 0 Å². The number of nitrogen functional groups attached to an aromatic ring is 1. The monoisotopic (exact) mass is 186 g/mol. The van der Waals surface area contributed by atoms with Crippen LogP contribution in [0, 0.1) is 0 Å². The summed E-state index contributed by atoms with van der Waals surface area (Å²) in [7, 11) is 0. The van der Waals surface area contributed by atoms with E-state index in [4.69, 9.17) is 5.73 Å². The molecule has 2 nitrogen and oxygen atoms in total. The Kier molecular flexibility index (Phi) is 2.27. The highest BCUT2D eigenvalue weighted by atomic mass is 14.9. The minimum Gasteiger partial charge on any atom is -0.398 e. The molecule has 2 heteroatoms. The van der Waals surface area contributed by atoms with E-state index in [-0.39, 0.29) is 0 Å². The second-order valence-corrected chi connectivity index (χ2v) is 3.28.